The van der Waals surface area contributed by atoms with Crippen molar-refractivity contribution in [2.75, 3.05) is 0 Å². The number of alkyl halides is 6. The van der Waals surface area contributed by atoms with Crippen molar-refractivity contribution in [1.29, 1.82) is 0 Å². The summed E-state index contributed by atoms with van der Waals surface area (Å²) in [6.07, 6.45) is 7.26. The van der Waals surface area contributed by atoms with Gasteiger partial charge in [0.25, 0.3) is 0 Å². The van der Waals surface area contributed by atoms with Crippen LogP contribution in [0, 0.1) is 18.9 Å². The Kier molecular flexibility index (Phi) is 15.2. The maximum atomic E-state index is 10.7. The van der Waals surface area contributed by atoms with Crippen molar-refractivity contribution in [3.05, 3.63) is 87.5 Å². The van der Waals surface area contributed by atoms with Crippen molar-refractivity contribution >= 4 is 20.2 Å². The average molecular weight is 720 g/mol. The van der Waals surface area contributed by atoms with E-state index in [0.29, 0.717) is 11.8 Å². The Labute approximate surface area is 261 Å². The number of allylic oxidation sites excluding steroid dienone is 4. The van der Waals surface area contributed by atoms with Crippen LogP contribution >= 0.6 is 0 Å². The van der Waals surface area contributed by atoms with Gasteiger partial charge in [0.2, 0.25) is 0 Å². The zero-order valence-corrected chi connectivity index (χ0v) is 27.4. The van der Waals surface area contributed by atoms with Crippen LogP contribution in [0.5, 0.6) is 0 Å². The van der Waals surface area contributed by atoms with Gasteiger partial charge in [-0.15, -0.1) is 6.92 Å². The molecule has 2 aromatic rings. The molecule has 15 heteroatoms. The molecule has 0 fully saturated rings. The minimum atomic E-state index is -6.09. The average Bonchev–Trinajstić information content (AvgIpc) is 3.31. The molecule has 0 heterocycles. The molecule has 4 rings (SSSR count). The summed E-state index contributed by atoms with van der Waals surface area (Å²) in [6, 6.07) is 15.7. The Bertz CT molecular complexity index is 1400. The standard InChI is InChI=1S/C16H17.C9H13.2CHF3O3S.Zr/c1-12-10-14-8-5-9-15(16(14)11-12)13-6-3-2-4-7-13;1-6-5-7(2)9(4)8(6)3;2*2-1(3,4)8(5,6)7;/h2-4,6-7,10-11,15H,5,8-9H2,1H3;6H,1-4H3;2*(H,5,6,7);/q2*-1;;;+4/p-2. The topological polar surface area (TPSA) is 114 Å². The zero-order valence-electron chi connectivity index (χ0n) is 23.4. The van der Waals surface area contributed by atoms with E-state index in [0.717, 1.165) is 0 Å². The van der Waals surface area contributed by atoms with E-state index in [-0.39, 0.29) is 26.2 Å². The van der Waals surface area contributed by atoms with Gasteiger partial charge in [0.1, 0.15) is 0 Å². The molecular formula is C27H30F6O6S2Zr. The number of fused-ring (bicyclic) bond motifs is 1. The number of halogens is 6. The Balaban J connectivity index is 0.000000564. The van der Waals surface area contributed by atoms with E-state index >= 15 is 0 Å². The third kappa shape index (κ3) is 12.1. The van der Waals surface area contributed by atoms with E-state index in [2.05, 4.69) is 83.2 Å². The first-order chi connectivity index (χ1) is 18.5. The van der Waals surface area contributed by atoms with Crippen LogP contribution in [-0.4, -0.2) is 37.0 Å². The molecule has 6 nitrogen and oxygen atoms in total. The van der Waals surface area contributed by atoms with Gasteiger partial charge in [-0.1, -0.05) is 88.8 Å². The van der Waals surface area contributed by atoms with E-state index < -0.39 is 31.3 Å². The van der Waals surface area contributed by atoms with Gasteiger partial charge in [0.15, 0.2) is 20.2 Å². The Morgan fingerprint density at radius 3 is 1.67 bits per heavy atom. The molecule has 2 atom stereocenters. The molecule has 0 amide bonds. The zero-order chi connectivity index (χ0) is 32.0. The third-order valence-electron chi connectivity index (χ3n) is 6.48. The van der Waals surface area contributed by atoms with E-state index in [9.17, 15) is 26.3 Å². The summed E-state index contributed by atoms with van der Waals surface area (Å²) in [5, 5.41) is 0. The van der Waals surface area contributed by atoms with Crippen LogP contribution in [0.3, 0.4) is 0 Å². The SMILES string of the molecule is CC1=[C-]C(C)C(C)=C1C.Cc1cc2c([cH-]1)CCCC2c1ccccc1.O=S(=O)([O-])C(F)(F)F.O=S(=O)([O-])C(F)(F)F.[Zr+4]. The van der Waals surface area contributed by atoms with Crippen LogP contribution in [0.15, 0.2) is 59.2 Å². The van der Waals surface area contributed by atoms with Crippen LogP contribution in [0.25, 0.3) is 0 Å². The van der Waals surface area contributed by atoms with Crippen molar-refractivity contribution in [3.8, 4) is 0 Å². The molecule has 0 saturated carbocycles. The molecule has 0 N–H and O–H groups in total. The van der Waals surface area contributed by atoms with Gasteiger partial charge in [-0.05, 0) is 5.92 Å². The van der Waals surface area contributed by atoms with Gasteiger partial charge in [-0.25, -0.2) is 28.5 Å². The van der Waals surface area contributed by atoms with Gasteiger partial charge in [0.05, 0.1) is 0 Å². The smallest absolute Gasteiger partial charge is 0.741 e. The predicted molar refractivity (Wildman–Crippen MR) is 139 cm³/mol. The summed E-state index contributed by atoms with van der Waals surface area (Å²) in [6.45, 7) is 10.9. The predicted octanol–water partition coefficient (Wildman–Crippen LogP) is 7.00. The molecular weight excluding hydrogens is 690 g/mol. The van der Waals surface area contributed by atoms with Crippen molar-refractivity contribution < 1.29 is 78.5 Å². The first kappa shape index (κ1) is 40.3. The number of hydrogen-bond donors (Lipinski definition) is 0. The van der Waals surface area contributed by atoms with E-state index in [1.807, 2.05) is 0 Å². The Morgan fingerprint density at radius 2 is 1.33 bits per heavy atom. The van der Waals surface area contributed by atoms with Gasteiger partial charge >= 0.3 is 37.2 Å². The summed E-state index contributed by atoms with van der Waals surface area (Å²) >= 11 is 0. The van der Waals surface area contributed by atoms with Crippen LogP contribution < -0.4 is 0 Å². The Morgan fingerprint density at radius 1 is 0.881 bits per heavy atom. The molecule has 0 radical (unpaired) electrons. The minimum Gasteiger partial charge on any atom is -0.741 e. The fourth-order valence-electron chi connectivity index (χ4n) is 4.12. The molecule has 0 aromatic heterocycles. The molecule has 2 aromatic carbocycles. The van der Waals surface area contributed by atoms with E-state index in [1.165, 1.54) is 47.1 Å². The van der Waals surface area contributed by atoms with Crippen LogP contribution in [0.1, 0.15) is 68.7 Å². The number of rotatable bonds is 1. The maximum Gasteiger partial charge on any atom is 4.00 e. The quantitative estimate of drug-likeness (QED) is 0.136. The molecule has 0 aliphatic heterocycles. The van der Waals surface area contributed by atoms with E-state index in [4.69, 9.17) is 25.9 Å². The Hall–Kier alpha value is -1.67. The fraction of sp³-hybridized carbons (Fsp3) is 0.444. The molecule has 232 valence electrons. The van der Waals surface area contributed by atoms with Gasteiger partial charge in [0, 0.05) is 0 Å². The molecule has 2 aliphatic rings. The number of benzene rings is 1. The monoisotopic (exact) mass is 718 g/mol. The van der Waals surface area contributed by atoms with E-state index in [1.54, 1.807) is 11.1 Å². The van der Waals surface area contributed by atoms with Crippen molar-refractivity contribution in [2.45, 2.75) is 70.8 Å². The molecule has 42 heavy (non-hydrogen) atoms. The first-order valence-electron chi connectivity index (χ1n) is 12.1. The largest absolute Gasteiger partial charge is 4.00 e. The summed E-state index contributed by atoms with van der Waals surface area (Å²) in [7, 11) is -12.2. The van der Waals surface area contributed by atoms with Crippen LogP contribution in [0.2, 0.25) is 0 Å². The van der Waals surface area contributed by atoms with Crippen LogP contribution in [0.4, 0.5) is 26.3 Å². The second-order valence-electron chi connectivity index (χ2n) is 9.47. The summed E-state index contributed by atoms with van der Waals surface area (Å²) < 4.78 is 118. The summed E-state index contributed by atoms with van der Waals surface area (Å²) in [4.78, 5) is 0. The van der Waals surface area contributed by atoms with Gasteiger partial charge in [-0.3, -0.25) is 6.08 Å². The normalized spacial score (nSPS) is 18.5. The molecule has 2 unspecified atom stereocenters. The minimum absolute atomic E-state index is 0. The van der Waals surface area contributed by atoms with Crippen molar-refractivity contribution in [2.24, 2.45) is 5.92 Å². The maximum absolute atomic E-state index is 10.7. The van der Waals surface area contributed by atoms with Gasteiger partial charge < -0.3 is 9.11 Å². The van der Waals surface area contributed by atoms with Gasteiger partial charge in [-0.2, -0.15) is 60.2 Å². The van der Waals surface area contributed by atoms with Crippen molar-refractivity contribution in [3.63, 3.8) is 0 Å². The molecule has 2 aliphatic carbocycles. The number of hydrogen-bond acceptors (Lipinski definition) is 6. The summed E-state index contributed by atoms with van der Waals surface area (Å²) in [5.41, 5.74) is -0.982. The molecule has 0 saturated heterocycles. The van der Waals surface area contributed by atoms with Crippen LogP contribution in [-0.2, 0) is 52.9 Å². The second kappa shape index (κ2) is 15.9. The summed E-state index contributed by atoms with van der Waals surface area (Å²) in [5.74, 6) is 1.20. The van der Waals surface area contributed by atoms with Crippen molar-refractivity contribution in [1.82, 2.24) is 0 Å². The molecule has 0 bridgehead atoms. The fourth-order valence-corrected chi connectivity index (χ4v) is 4.12. The third-order valence-corrected chi connectivity index (χ3v) is 7.61. The first-order valence-corrected chi connectivity index (χ1v) is 14.9. The molecule has 0 spiro atoms. The number of aryl methyl sites for hydroxylation is 2. The second-order valence-corrected chi connectivity index (χ2v) is 12.2.